The highest BCUT2D eigenvalue weighted by atomic mass is 16.7. The Morgan fingerprint density at radius 2 is 1.78 bits per heavy atom. The standard InChI is InChI=1S/C28H26N2O6/c1-4-15-35-19-12-9-17(10-13-19)26(31)24-25(18-11-14-22(33-2)23(16-18)34-3)30-36-28(24)20-7-5-6-8-21(20)29-27(28)32/h5-14,16,24H,4,15H2,1-3H3,(H,29,32)/t24-,28-/m0/s1. The Kier molecular flexibility index (Phi) is 6.10. The summed E-state index contributed by atoms with van der Waals surface area (Å²) in [6.07, 6.45) is 0.877. The molecule has 36 heavy (non-hydrogen) atoms. The zero-order valence-electron chi connectivity index (χ0n) is 20.2. The molecule has 0 aliphatic carbocycles. The number of nitrogens with zero attached hydrogens (tertiary/aromatic N) is 1. The van der Waals surface area contributed by atoms with Crippen LogP contribution in [0.4, 0.5) is 5.69 Å². The van der Waals surface area contributed by atoms with E-state index in [2.05, 4.69) is 10.5 Å². The minimum atomic E-state index is -1.63. The molecule has 0 bridgehead atoms. The molecule has 0 saturated carbocycles. The van der Waals surface area contributed by atoms with E-state index < -0.39 is 17.4 Å². The van der Waals surface area contributed by atoms with Crippen molar-refractivity contribution in [1.82, 2.24) is 0 Å². The van der Waals surface area contributed by atoms with Gasteiger partial charge in [-0.15, -0.1) is 0 Å². The summed E-state index contributed by atoms with van der Waals surface area (Å²) in [5.41, 5.74) is 0.858. The number of oxime groups is 1. The van der Waals surface area contributed by atoms with Crippen LogP contribution in [0.1, 0.15) is 34.8 Å². The topological polar surface area (TPSA) is 95.5 Å². The molecule has 184 valence electrons. The molecular weight excluding hydrogens is 460 g/mol. The Bertz CT molecular complexity index is 1350. The number of nitrogens with one attached hydrogen (secondary N) is 1. The Morgan fingerprint density at radius 3 is 2.50 bits per heavy atom. The molecule has 5 rings (SSSR count). The lowest BCUT2D eigenvalue weighted by Gasteiger charge is -2.26. The van der Waals surface area contributed by atoms with Gasteiger partial charge in [-0.1, -0.05) is 30.3 Å². The molecule has 2 heterocycles. The number of ketones is 1. The Hall–Kier alpha value is -4.33. The first-order valence-electron chi connectivity index (χ1n) is 11.7. The van der Waals surface area contributed by atoms with Crippen molar-refractivity contribution in [1.29, 1.82) is 0 Å². The molecule has 8 heteroatoms. The number of methoxy groups -OCH3 is 2. The lowest BCUT2D eigenvalue weighted by atomic mass is 9.74. The van der Waals surface area contributed by atoms with Gasteiger partial charge in [-0.25, -0.2) is 0 Å². The average molecular weight is 487 g/mol. The highest BCUT2D eigenvalue weighted by Gasteiger charge is 2.63. The van der Waals surface area contributed by atoms with Gasteiger partial charge in [0.2, 0.25) is 0 Å². The van der Waals surface area contributed by atoms with Crippen molar-refractivity contribution in [2.24, 2.45) is 11.1 Å². The average Bonchev–Trinajstić information content (AvgIpc) is 3.45. The van der Waals surface area contributed by atoms with Crippen LogP contribution in [-0.2, 0) is 15.2 Å². The molecular formula is C28H26N2O6. The van der Waals surface area contributed by atoms with Crippen LogP contribution in [0.15, 0.2) is 71.9 Å². The van der Waals surface area contributed by atoms with Gasteiger partial charge in [0.15, 0.2) is 17.3 Å². The van der Waals surface area contributed by atoms with Crippen LogP contribution in [-0.4, -0.2) is 38.2 Å². The van der Waals surface area contributed by atoms with E-state index >= 15 is 0 Å². The number of amides is 1. The van der Waals surface area contributed by atoms with E-state index in [0.29, 0.717) is 51.9 Å². The first-order chi connectivity index (χ1) is 17.5. The SMILES string of the molecule is CCCOc1ccc(C(=O)[C@@H]2C(c3ccc(OC)c(OC)c3)=NO[C@]23C(=O)Nc2ccccc23)cc1. The summed E-state index contributed by atoms with van der Waals surface area (Å²) in [5, 5.41) is 7.18. The van der Waals surface area contributed by atoms with Crippen LogP contribution in [0.2, 0.25) is 0 Å². The van der Waals surface area contributed by atoms with Crippen molar-refractivity contribution in [3.63, 3.8) is 0 Å². The first-order valence-corrected chi connectivity index (χ1v) is 11.7. The number of hydrogen-bond acceptors (Lipinski definition) is 7. The molecule has 2 atom stereocenters. The number of ether oxygens (including phenoxy) is 3. The van der Waals surface area contributed by atoms with Crippen molar-refractivity contribution in [3.8, 4) is 17.2 Å². The van der Waals surface area contributed by atoms with E-state index in [-0.39, 0.29) is 5.78 Å². The highest BCUT2D eigenvalue weighted by Crippen LogP contribution is 2.50. The molecule has 3 aromatic rings. The molecule has 1 spiro atoms. The Balaban J connectivity index is 1.61. The van der Waals surface area contributed by atoms with Crippen molar-refractivity contribution in [2.75, 3.05) is 26.1 Å². The minimum absolute atomic E-state index is 0.296. The number of Topliss-reactive ketones (excluding diaryl/α,β-unsaturated/α-hetero) is 1. The molecule has 8 nitrogen and oxygen atoms in total. The fraction of sp³-hybridized carbons (Fsp3) is 0.250. The first kappa shape index (κ1) is 23.4. The maximum Gasteiger partial charge on any atom is 0.277 e. The maximum atomic E-state index is 14.1. The van der Waals surface area contributed by atoms with Gasteiger partial charge in [-0.05, 0) is 55.0 Å². The summed E-state index contributed by atoms with van der Waals surface area (Å²) in [5.74, 6) is -0.104. The Morgan fingerprint density at radius 1 is 1.03 bits per heavy atom. The summed E-state index contributed by atoms with van der Waals surface area (Å²) in [6, 6.07) is 19.3. The summed E-state index contributed by atoms with van der Waals surface area (Å²) >= 11 is 0. The van der Waals surface area contributed by atoms with Gasteiger partial charge < -0.3 is 24.4 Å². The van der Waals surface area contributed by atoms with Gasteiger partial charge in [0, 0.05) is 22.4 Å². The molecule has 2 aliphatic rings. The highest BCUT2D eigenvalue weighted by molar-refractivity contribution is 6.24. The smallest absolute Gasteiger partial charge is 0.277 e. The zero-order valence-corrected chi connectivity index (χ0v) is 20.2. The molecule has 1 amide bonds. The van der Waals surface area contributed by atoms with Gasteiger partial charge in [-0.3, -0.25) is 9.59 Å². The molecule has 1 N–H and O–H groups in total. The molecule has 0 unspecified atom stereocenters. The molecule has 0 radical (unpaired) electrons. The van der Waals surface area contributed by atoms with Crippen LogP contribution in [0.5, 0.6) is 17.2 Å². The number of fused-ring (bicyclic) bond motifs is 2. The van der Waals surface area contributed by atoms with E-state index in [1.165, 1.54) is 7.11 Å². The van der Waals surface area contributed by atoms with E-state index in [0.717, 1.165) is 6.42 Å². The van der Waals surface area contributed by atoms with E-state index in [1.54, 1.807) is 67.8 Å². The number of anilines is 1. The van der Waals surface area contributed by atoms with Gasteiger partial charge in [0.1, 0.15) is 17.4 Å². The summed E-state index contributed by atoms with van der Waals surface area (Å²) in [6.45, 7) is 2.61. The second kappa shape index (κ2) is 9.37. The largest absolute Gasteiger partial charge is 0.494 e. The zero-order chi connectivity index (χ0) is 25.3. The fourth-order valence-electron chi connectivity index (χ4n) is 4.68. The molecule has 0 saturated heterocycles. The maximum absolute atomic E-state index is 14.1. The van der Waals surface area contributed by atoms with Gasteiger partial charge in [0.05, 0.1) is 20.8 Å². The Labute approximate surface area is 208 Å². The quantitative estimate of drug-likeness (QED) is 0.469. The van der Waals surface area contributed by atoms with E-state index in [4.69, 9.17) is 19.0 Å². The third-order valence-corrected chi connectivity index (χ3v) is 6.43. The van der Waals surface area contributed by atoms with Crippen molar-refractivity contribution in [3.05, 3.63) is 83.4 Å². The lowest BCUT2D eigenvalue weighted by Crippen LogP contribution is -2.46. The van der Waals surface area contributed by atoms with Crippen LogP contribution in [0, 0.1) is 5.92 Å². The van der Waals surface area contributed by atoms with Gasteiger partial charge in [-0.2, -0.15) is 0 Å². The van der Waals surface area contributed by atoms with Crippen molar-refractivity contribution >= 4 is 23.1 Å². The van der Waals surface area contributed by atoms with Crippen LogP contribution < -0.4 is 19.5 Å². The number of para-hydroxylation sites is 1. The molecule has 0 aromatic heterocycles. The molecule has 3 aromatic carbocycles. The lowest BCUT2D eigenvalue weighted by molar-refractivity contribution is -0.140. The molecule has 0 fully saturated rings. The molecule has 2 aliphatic heterocycles. The third kappa shape index (κ3) is 3.66. The number of rotatable bonds is 8. The summed E-state index contributed by atoms with van der Waals surface area (Å²) in [4.78, 5) is 33.5. The van der Waals surface area contributed by atoms with Crippen LogP contribution in [0.3, 0.4) is 0 Å². The van der Waals surface area contributed by atoms with Crippen molar-refractivity contribution in [2.45, 2.75) is 18.9 Å². The van der Waals surface area contributed by atoms with Crippen molar-refractivity contribution < 1.29 is 28.6 Å². The minimum Gasteiger partial charge on any atom is -0.494 e. The summed E-state index contributed by atoms with van der Waals surface area (Å²) < 4.78 is 16.5. The van der Waals surface area contributed by atoms with E-state index in [9.17, 15) is 9.59 Å². The van der Waals surface area contributed by atoms with Crippen LogP contribution >= 0.6 is 0 Å². The van der Waals surface area contributed by atoms with Gasteiger partial charge >= 0.3 is 0 Å². The number of carbonyl (C=O) groups excluding carboxylic acids is 2. The number of benzene rings is 3. The van der Waals surface area contributed by atoms with Crippen LogP contribution in [0.25, 0.3) is 0 Å². The fourth-order valence-corrected chi connectivity index (χ4v) is 4.68. The second-order valence-corrected chi connectivity index (χ2v) is 8.54. The second-order valence-electron chi connectivity index (χ2n) is 8.54. The third-order valence-electron chi connectivity index (χ3n) is 6.43. The number of carbonyl (C=O) groups is 2. The predicted octanol–water partition coefficient (Wildman–Crippen LogP) is 4.57. The summed E-state index contributed by atoms with van der Waals surface area (Å²) in [7, 11) is 3.07. The van der Waals surface area contributed by atoms with Gasteiger partial charge in [0.25, 0.3) is 11.5 Å². The number of hydrogen-bond donors (Lipinski definition) is 1. The normalized spacial score (nSPS) is 19.8. The monoisotopic (exact) mass is 486 g/mol. The predicted molar refractivity (Wildman–Crippen MR) is 134 cm³/mol. The van der Waals surface area contributed by atoms with E-state index in [1.807, 2.05) is 13.0 Å².